The van der Waals surface area contributed by atoms with Crippen LogP contribution >= 0.6 is 0 Å². The van der Waals surface area contributed by atoms with Crippen molar-refractivity contribution in [2.75, 3.05) is 40.4 Å². The molecule has 0 radical (unpaired) electrons. The molecule has 156 valence electrons. The summed E-state index contributed by atoms with van der Waals surface area (Å²) in [7, 11) is 3.79. The highest BCUT2D eigenvalue weighted by Crippen LogP contribution is 2.40. The van der Waals surface area contributed by atoms with Gasteiger partial charge in [0.2, 0.25) is 0 Å². The quantitative estimate of drug-likeness (QED) is 0.458. The van der Waals surface area contributed by atoms with Gasteiger partial charge in [-0.2, -0.15) is 0 Å². The van der Waals surface area contributed by atoms with E-state index in [9.17, 15) is 14.7 Å². The maximum Gasteiger partial charge on any atom is 0.295 e. The Labute approximate surface area is 174 Å². The van der Waals surface area contributed by atoms with E-state index in [0.717, 1.165) is 0 Å². The van der Waals surface area contributed by atoms with Crippen molar-refractivity contribution in [3.8, 4) is 11.5 Å². The molecule has 1 saturated heterocycles. The Bertz CT molecular complexity index is 1000. The van der Waals surface area contributed by atoms with E-state index in [1.54, 1.807) is 42.7 Å². The number of rotatable bonds is 5. The Morgan fingerprint density at radius 3 is 2.53 bits per heavy atom. The number of hydrogen-bond donors (Lipinski definition) is 1. The van der Waals surface area contributed by atoms with Crippen LogP contribution in [0.1, 0.15) is 17.2 Å². The van der Waals surface area contributed by atoms with E-state index in [2.05, 4.69) is 4.98 Å². The normalized spacial score (nSPS) is 20.1. The van der Waals surface area contributed by atoms with Gasteiger partial charge in [0.15, 0.2) is 11.5 Å². The smallest absolute Gasteiger partial charge is 0.295 e. The highest BCUT2D eigenvalue weighted by atomic mass is 16.6. The molecule has 0 spiro atoms. The van der Waals surface area contributed by atoms with Crippen molar-refractivity contribution in [2.24, 2.45) is 0 Å². The van der Waals surface area contributed by atoms with Crippen LogP contribution in [-0.2, 0) is 9.59 Å². The average Bonchev–Trinajstić information content (AvgIpc) is 3.02. The van der Waals surface area contributed by atoms with Crippen molar-refractivity contribution in [3.63, 3.8) is 0 Å². The van der Waals surface area contributed by atoms with Gasteiger partial charge >= 0.3 is 0 Å². The number of amides is 1. The molecule has 8 heteroatoms. The van der Waals surface area contributed by atoms with Gasteiger partial charge in [-0.1, -0.05) is 0 Å². The van der Waals surface area contributed by atoms with Crippen LogP contribution in [0.5, 0.6) is 11.5 Å². The molecule has 1 atom stereocenters. The summed E-state index contributed by atoms with van der Waals surface area (Å²) in [5.41, 5.74) is 1.16. The lowest BCUT2D eigenvalue weighted by Crippen LogP contribution is -2.35. The number of pyridine rings is 1. The zero-order valence-corrected chi connectivity index (χ0v) is 16.9. The molecule has 8 nitrogen and oxygen atoms in total. The first-order chi connectivity index (χ1) is 14.5. The van der Waals surface area contributed by atoms with Gasteiger partial charge in [0.05, 0.1) is 11.6 Å². The fourth-order valence-corrected chi connectivity index (χ4v) is 3.66. The topological polar surface area (TPSA) is 92.2 Å². The molecule has 1 unspecified atom stereocenters. The number of Topliss-reactive ketones (excluding diaryl/α,β-unsaturated/α-hetero) is 1. The number of ether oxygens (including phenoxy) is 2. The summed E-state index contributed by atoms with van der Waals surface area (Å²) in [6.45, 7) is 1.79. The third-order valence-corrected chi connectivity index (χ3v) is 5.17. The molecule has 1 aromatic heterocycles. The van der Waals surface area contributed by atoms with E-state index in [1.807, 2.05) is 19.0 Å². The lowest BCUT2D eigenvalue weighted by molar-refractivity contribution is -0.140. The van der Waals surface area contributed by atoms with Crippen molar-refractivity contribution >= 4 is 17.4 Å². The van der Waals surface area contributed by atoms with Gasteiger partial charge in [-0.25, -0.2) is 0 Å². The summed E-state index contributed by atoms with van der Waals surface area (Å²) < 4.78 is 11.1. The van der Waals surface area contributed by atoms with Crippen molar-refractivity contribution in [3.05, 3.63) is 59.4 Å². The predicted octanol–water partition coefficient (Wildman–Crippen LogP) is 1.84. The fourth-order valence-electron chi connectivity index (χ4n) is 3.66. The monoisotopic (exact) mass is 409 g/mol. The summed E-state index contributed by atoms with van der Waals surface area (Å²) >= 11 is 0. The van der Waals surface area contributed by atoms with Crippen LogP contribution in [0, 0.1) is 0 Å². The number of ketones is 1. The number of carbonyl (C=O) groups is 2. The second-order valence-corrected chi connectivity index (χ2v) is 7.43. The molecular formula is C22H23N3O5. The van der Waals surface area contributed by atoms with Crippen LogP contribution in [0.2, 0.25) is 0 Å². The molecule has 1 amide bonds. The highest BCUT2D eigenvalue weighted by molar-refractivity contribution is 6.46. The standard InChI is InChI=1S/C22H23N3O5/c1-24(2)9-10-25-19(14-5-7-23-8-6-14)18(21(27)22(25)28)20(26)15-3-4-16-17(13-15)30-12-11-29-16/h3-8,13,19,26H,9-12H2,1-2H3/b20-18-. The molecule has 2 aromatic rings. The Hall–Kier alpha value is -3.39. The Morgan fingerprint density at radius 2 is 1.83 bits per heavy atom. The maximum atomic E-state index is 13.0. The lowest BCUT2D eigenvalue weighted by Gasteiger charge is -2.26. The van der Waals surface area contributed by atoms with E-state index >= 15 is 0 Å². The number of aromatic nitrogens is 1. The largest absolute Gasteiger partial charge is 0.507 e. The number of aliphatic hydroxyl groups is 1. The number of carbonyl (C=O) groups excluding carboxylic acids is 2. The molecule has 3 heterocycles. The molecule has 2 aliphatic heterocycles. The summed E-state index contributed by atoms with van der Waals surface area (Å²) in [6, 6.07) is 7.77. The van der Waals surface area contributed by atoms with Gasteiger partial charge in [0.1, 0.15) is 19.0 Å². The SMILES string of the molecule is CN(C)CCN1C(=O)C(=O)/C(=C(\O)c2ccc3c(c2)OCCO3)C1c1ccncc1. The minimum absolute atomic E-state index is 0.0571. The zero-order valence-electron chi connectivity index (χ0n) is 16.9. The third-order valence-electron chi connectivity index (χ3n) is 5.17. The summed E-state index contributed by atoms with van der Waals surface area (Å²) in [4.78, 5) is 33.2. The summed E-state index contributed by atoms with van der Waals surface area (Å²) in [5.74, 6) is -0.497. The van der Waals surface area contributed by atoms with E-state index in [4.69, 9.17) is 9.47 Å². The van der Waals surface area contributed by atoms with Crippen molar-refractivity contribution < 1.29 is 24.2 Å². The summed E-state index contributed by atoms with van der Waals surface area (Å²) in [5, 5.41) is 11.1. The second-order valence-electron chi connectivity index (χ2n) is 7.43. The van der Waals surface area contributed by atoms with E-state index < -0.39 is 17.7 Å². The van der Waals surface area contributed by atoms with Crippen LogP contribution in [-0.4, -0.2) is 72.0 Å². The first-order valence-electron chi connectivity index (χ1n) is 9.70. The number of aliphatic hydroxyl groups excluding tert-OH is 1. The molecule has 1 aromatic carbocycles. The first kappa shape index (κ1) is 19.9. The number of likely N-dealkylation sites (N-methyl/N-ethyl adjacent to an activating group) is 1. The Morgan fingerprint density at radius 1 is 1.13 bits per heavy atom. The number of fused-ring (bicyclic) bond motifs is 1. The van der Waals surface area contributed by atoms with Gasteiger partial charge in [-0.15, -0.1) is 0 Å². The zero-order chi connectivity index (χ0) is 21.3. The van der Waals surface area contributed by atoms with Crippen LogP contribution < -0.4 is 9.47 Å². The van der Waals surface area contributed by atoms with Gasteiger partial charge in [0.25, 0.3) is 11.7 Å². The van der Waals surface area contributed by atoms with Crippen LogP contribution in [0.25, 0.3) is 5.76 Å². The summed E-state index contributed by atoms with van der Waals surface area (Å²) in [6.07, 6.45) is 3.21. The average molecular weight is 409 g/mol. The predicted molar refractivity (Wildman–Crippen MR) is 109 cm³/mol. The van der Waals surface area contributed by atoms with Crippen molar-refractivity contribution in [2.45, 2.75) is 6.04 Å². The van der Waals surface area contributed by atoms with Crippen LogP contribution in [0.3, 0.4) is 0 Å². The Balaban J connectivity index is 1.81. The van der Waals surface area contributed by atoms with E-state index in [0.29, 0.717) is 48.9 Å². The second kappa shape index (κ2) is 8.16. The van der Waals surface area contributed by atoms with Crippen molar-refractivity contribution in [1.29, 1.82) is 0 Å². The first-order valence-corrected chi connectivity index (χ1v) is 9.70. The minimum atomic E-state index is -0.706. The van der Waals surface area contributed by atoms with Gasteiger partial charge in [-0.05, 0) is 50.0 Å². The number of benzene rings is 1. The molecule has 30 heavy (non-hydrogen) atoms. The molecule has 4 rings (SSSR count). The highest BCUT2D eigenvalue weighted by Gasteiger charge is 2.45. The van der Waals surface area contributed by atoms with Crippen LogP contribution in [0.15, 0.2) is 48.3 Å². The van der Waals surface area contributed by atoms with Gasteiger partial charge in [0, 0.05) is 31.0 Å². The third kappa shape index (κ3) is 3.61. The molecule has 1 N–H and O–H groups in total. The molecule has 2 aliphatic rings. The van der Waals surface area contributed by atoms with E-state index in [-0.39, 0.29) is 11.3 Å². The maximum absolute atomic E-state index is 13.0. The van der Waals surface area contributed by atoms with Gasteiger partial charge < -0.3 is 24.4 Å². The molecule has 0 bridgehead atoms. The fraction of sp³-hybridized carbons (Fsp3) is 0.318. The molecule has 0 saturated carbocycles. The van der Waals surface area contributed by atoms with Gasteiger partial charge in [-0.3, -0.25) is 14.6 Å². The Kier molecular flexibility index (Phi) is 5.41. The van der Waals surface area contributed by atoms with Crippen molar-refractivity contribution in [1.82, 2.24) is 14.8 Å². The lowest BCUT2D eigenvalue weighted by atomic mass is 9.96. The molecule has 1 fully saturated rings. The number of nitrogens with zero attached hydrogens (tertiary/aromatic N) is 3. The molecule has 0 aliphatic carbocycles. The number of hydrogen-bond acceptors (Lipinski definition) is 7. The van der Waals surface area contributed by atoms with E-state index in [1.165, 1.54) is 4.90 Å². The minimum Gasteiger partial charge on any atom is -0.507 e. The molecular weight excluding hydrogens is 386 g/mol. The van der Waals surface area contributed by atoms with Crippen LogP contribution in [0.4, 0.5) is 0 Å². The number of likely N-dealkylation sites (tertiary alicyclic amines) is 1.